The predicted octanol–water partition coefficient (Wildman–Crippen LogP) is 2.27. The maximum Gasteiger partial charge on any atom is 0.267 e. The van der Waals surface area contributed by atoms with E-state index in [1.165, 1.54) is 24.4 Å². The first-order valence-electron chi connectivity index (χ1n) is 8.00. The van der Waals surface area contributed by atoms with E-state index in [0.717, 1.165) is 43.0 Å². The zero-order valence-corrected chi connectivity index (χ0v) is 13.7. The standard InChI is InChI=1S/C15H24N4OS/c1-10(2)13-14(21-18-17-13)15(20)19(12-3-4-12)9-11-5-7-16-8-6-11/h10-12,16H,3-9H2,1-2H3. The number of piperidine rings is 1. The summed E-state index contributed by atoms with van der Waals surface area (Å²) in [7, 11) is 0. The zero-order valence-electron chi connectivity index (χ0n) is 12.8. The van der Waals surface area contributed by atoms with E-state index in [-0.39, 0.29) is 11.8 Å². The number of carbonyl (C=O) groups excluding carboxylic acids is 1. The van der Waals surface area contributed by atoms with Gasteiger partial charge in [-0.25, -0.2) is 0 Å². The summed E-state index contributed by atoms with van der Waals surface area (Å²) in [6, 6.07) is 0.453. The molecule has 1 N–H and O–H groups in total. The molecule has 1 saturated heterocycles. The average molecular weight is 308 g/mol. The second-order valence-electron chi connectivity index (χ2n) is 6.52. The number of hydrogen-bond donors (Lipinski definition) is 1. The Kier molecular flexibility index (Phi) is 4.54. The Morgan fingerprint density at radius 2 is 2.05 bits per heavy atom. The number of aromatic nitrogens is 2. The monoisotopic (exact) mass is 308 g/mol. The van der Waals surface area contributed by atoms with Crippen molar-refractivity contribution in [3.63, 3.8) is 0 Å². The van der Waals surface area contributed by atoms with Gasteiger partial charge in [0.1, 0.15) is 4.88 Å². The fourth-order valence-corrected chi connectivity index (χ4v) is 3.76. The minimum Gasteiger partial charge on any atom is -0.335 e. The summed E-state index contributed by atoms with van der Waals surface area (Å²) >= 11 is 1.26. The quantitative estimate of drug-likeness (QED) is 0.906. The Labute approximate surface area is 130 Å². The molecule has 1 aliphatic carbocycles. The maximum atomic E-state index is 12.9. The van der Waals surface area contributed by atoms with Crippen LogP contribution in [0.1, 0.15) is 60.8 Å². The van der Waals surface area contributed by atoms with Crippen LogP contribution < -0.4 is 5.32 Å². The van der Waals surface area contributed by atoms with Gasteiger partial charge in [-0.1, -0.05) is 18.3 Å². The smallest absolute Gasteiger partial charge is 0.267 e. The molecule has 116 valence electrons. The van der Waals surface area contributed by atoms with Crippen molar-refractivity contribution in [3.8, 4) is 0 Å². The molecule has 1 amide bonds. The zero-order chi connectivity index (χ0) is 14.8. The highest BCUT2D eigenvalue weighted by molar-refractivity contribution is 7.08. The van der Waals surface area contributed by atoms with Crippen LogP contribution in [0.3, 0.4) is 0 Å². The van der Waals surface area contributed by atoms with Gasteiger partial charge >= 0.3 is 0 Å². The number of rotatable bonds is 5. The first-order valence-corrected chi connectivity index (χ1v) is 8.78. The molecule has 2 aliphatic rings. The summed E-state index contributed by atoms with van der Waals surface area (Å²) < 4.78 is 4.01. The predicted molar refractivity (Wildman–Crippen MR) is 83.7 cm³/mol. The van der Waals surface area contributed by atoms with Crippen LogP contribution in [-0.4, -0.2) is 46.1 Å². The number of amides is 1. The van der Waals surface area contributed by atoms with E-state index in [0.29, 0.717) is 12.0 Å². The third kappa shape index (κ3) is 3.43. The molecule has 1 aromatic heterocycles. The Bertz CT molecular complexity index is 492. The lowest BCUT2D eigenvalue weighted by atomic mass is 9.97. The van der Waals surface area contributed by atoms with Crippen molar-refractivity contribution in [2.75, 3.05) is 19.6 Å². The van der Waals surface area contributed by atoms with Crippen molar-refractivity contribution in [1.82, 2.24) is 19.8 Å². The number of carbonyl (C=O) groups is 1. The lowest BCUT2D eigenvalue weighted by molar-refractivity contribution is 0.0705. The largest absolute Gasteiger partial charge is 0.335 e. The van der Waals surface area contributed by atoms with E-state index in [1.807, 2.05) is 0 Å². The van der Waals surface area contributed by atoms with Crippen LogP contribution in [-0.2, 0) is 0 Å². The Balaban J connectivity index is 1.73. The van der Waals surface area contributed by atoms with E-state index in [1.54, 1.807) is 0 Å². The van der Waals surface area contributed by atoms with Crippen molar-refractivity contribution in [1.29, 1.82) is 0 Å². The second-order valence-corrected chi connectivity index (χ2v) is 7.28. The van der Waals surface area contributed by atoms with Gasteiger partial charge in [-0.15, -0.1) is 5.10 Å². The molecule has 0 spiro atoms. The molecule has 0 unspecified atom stereocenters. The highest BCUT2D eigenvalue weighted by Gasteiger charge is 2.36. The van der Waals surface area contributed by atoms with E-state index in [4.69, 9.17) is 0 Å². The van der Waals surface area contributed by atoms with Crippen LogP contribution >= 0.6 is 11.5 Å². The SMILES string of the molecule is CC(C)c1nnsc1C(=O)N(CC1CCNCC1)C1CC1. The minimum absolute atomic E-state index is 0.162. The summed E-state index contributed by atoms with van der Waals surface area (Å²) in [5.74, 6) is 1.05. The highest BCUT2D eigenvalue weighted by Crippen LogP contribution is 2.32. The highest BCUT2D eigenvalue weighted by atomic mass is 32.1. The fraction of sp³-hybridized carbons (Fsp3) is 0.800. The summed E-state index contributed by atoms with van der Waals surface area (Å²) in [5.41, 5.74) is 0.862. The lowest BCUT2D eigenvalue weighted by Gasteiger charge is -2.30. The van der Waals surface area contributed by atoms with Gasteiger partial charge in [0.25, 0.3) is 5.91 Å². The molecule has 5 nitrogen and oxygen atoms in total. The molecule has 1 aliphatic heterocycles. The molecule has 0 bridgehead atoms. The van der Waals surface area contributed by atoms with Crippen LogP contribution in [0, 0.1) is 5.92 Å². The number of hydrogen-bond acceptors (Lipinski definition) is 5. The third-order valence-electron chi connectivity index (χ3n) is 4.42. The topological polar surface area (TPSA) is 58.1 Å². The minimum atomic E-state index is 0.162. The van der Waals surface area contributed by atoms with Gasteiger partial charge in [-0.05, 0) is 62.1 Å². The molecule has 3 rings (SSSR count). The molecule has 1 aromatic rings. The van der Waals surface area contributed by atoms with Crippen molar-refractivity contribution < 1.29 is 4.79 Å². The Morgan fingerprint density at radius 3 is 2.67 bits per heavy atom. The van der Waals surface area contributed by atoms with E-state index >= 15 is 0 Å². The van der Waals surface area contributed by atoms with Crippen molar-refractivity contribution in [2.24, 2.45) is 5.92 Å². The van der Waals surface area contributed by atoms with Gasteiger partial charge in [0.2, 0.25) is 0 Å². The molecule has 2 heterocycles. The van der Waals surface area contributed by atoms with Gasteiger partial charge < -0.3 is 10.2 Å². The molecule has 0 radical (unpaired) electrons. The Morgan fingerprint density at radius 1 is 1.33 bits per heavy atom. The molecule has 0 atom stereocenters. The molecule has 0 aromatic carbocycles. The summed E-state index contributed by atoms with van der Waals surface area (Å²) in [5, 5.41) is 7.55. The summed E-state index contributed by atoms with van der Waals surface area (Å²) in [4.78, 5) is 15.8. The summed E-state index contributed by atoms with van der Waals surface area (Å²) in [6.45, 7) is 7.21. The molecular formula is C15H24N4OS. The third-order valence-corrected chi connectivity index (χ3v) is 5.15. The van der Waals surface area contributed by atoms with Crippen LogP contribution in [0.5, 0.6) is 0 Å². The van der Waals surface area contributed by atoms with Crippen LogP contribution in [0.2, 0.25) is 0 Å². The Hall–Kier alpha value is -1.01. The van der Waals surface area contributed by atoms with Crippen LogP contribution in [0.15, 0.2) is 0 Å². The van der Waals surface area contributed by atoms with Crippen LogP contribution in [0.4, 0.5) is 0 Å². The van der Waals surface area contributed by atoms with Gasteiger partial charge in [0, 0.05) is 12.6 Å². The molecule has 21 heavy (non-hydrogen) atoms. The van der Waals surface area contributed by atoms with Crippen molar-refractivity contribution in [2.45, 2.75) is 51.5 Å². The first kappa shape index (κ1) is 14.9. The first-order chi connectivity index (χ1) is 10.2. The van der Waals surface area contributed by atoms with E-state index < -0.39 is 0 Å². The molecule has 6 heteroatoms. The number of nitrogens with zero attached hydrogens (tertiary/aromatic N) is 3. The second kappa shape index (κ2) is 6.40. The van der Waals surface area contributed by atoms with Crippen molar-refractivity contribution in [3.05, 3.63) is 10.6 Å². The fourth-order valence-electron chi connectivity index (χ4n) is 2.98. The summed E-state index contributed by atoms with van der Waals surface area (Å²) in [6.07, 6.45) is 4.66. The van der Waals surface area contributed by atoms with Gasteiger partial charge in [0.05, 0.1) is 5.69 Å². The average Bonchev–Trinajstić information content (AvgIpc) is 3.20. The lowest BCUT2D eigenvalue weighted by Crippen LogP contribution is -2.40. The maximum absolute atomic E-state index is 12.9. The van der Waals surface area contributed by atoms with E-state index in [9.17, 15) is 4.79 Å². The van der Waals surface area contributed by atoms with Gasteiger partial charge in [0.15, 0.2) is 0 Å². The van der Waals surface area contributed by atoms with Crippen LogP contribution in [0.25, 0.3) is 0 Å². The van der Waals surface area contributed by atoms with Gasteiger partial charge in [-0.2, -0.15) is 0 Å². The molecule has 2 fully saturated rings. The van der Waals surface area contributed by atoms with Crippen molar-refractivity contribution >= 4 is 17.4 Å². The molecular weight excluding hydrogens is 284 g/mol. The number of nitrogens with one attached hydrogen (secondary N) is 1. The molecule has 1 saturated carbocycles. The van der Waals surface area contributed by atoms with E-state index in [2.05, 4.69) is 33.7 Å². The normalized spacial score (nSPS) is 20.0. The van der Waals surface area contributed by atoms with Gasteiger partial charge in [-0.3, -0.25) is 4.79 Å².